The lowest BCUT2D eigenvalue weighted by Gasteiger charge is -2.49. The second-order valence-corrected chi connectivity index (χ2v) is 11.6. The number of nitrogens with one attached hydrogen (secondary N) is 1. The van der Waals surface area contributed by atoms with Crippen LogP contribution in [0.1, 0.15) is 4.88 Å². The van der Waals surface area contributed by atoms with Gasteiger partial charge in [-0.05, 0) is 29.2 Å². The molecule has 1 saturated heterocycles. The molecule has 1 fully saturated rings. The summed E-state index contributed by atoms with van der Waals surface area (Å²) in [5, 5.41) is 14.1. The molecular weight excluding hydrogens is 487 g/mol. The van der Waals surface area contributed by atoms with Gasteiger partial charge in [0.25, 0.3) is 5.91 Å². The maximum absolute atomic E-state index is 12.8. The number of carboxylic acids is 1. The minimum atomic E-state index is -1.12. The zero-order valence-corrected chi connectivity index (χ0v) is 19.8. The van der Waals surface area contributed by atoms with Crippen molar-refractivity contribution in [1.82, 2.24) is 15.2 Å². The molecule has 11 heteroatoms. The fourth-order valence-corrected chi connectivity index (χ4v) is 7.91. The van der Waals surface area contributed by atoms with Crippen molar-refractivity contribution in [3.63, 3.8) is 0 Å². The van der Waals surface area contributed by atoms with Crippen LogP contribution in [0.15, 0.2) is 57.4 Å². The molecule has 4 heterocycles. The van der Waals surface area contributed by atoms with Gasteiger partial charge in [0.05, 0.1) is 16.6 Å². The van der Waals surface area contributed by atoms with Crippen molar-refractivity contribution in [3.8, 4) is 0 Å². The van der Waals surface area contributed by atoms with E-state index in [9.17, 15) is 19.5 Å². The molecule has 0 saturated carbocycles. The van der Waals surface area contributed by atoms with E-state index in [1.165, 1.54) is 39.8 Å². The zero-order chi connectivity index (χ0) is 22.2. The van der Waals surface area contributed by atoms with E-state index < -0.39 is 17.4 Å². The normalized spacial score (nSPS) is 20.2. The van der Waals surface area contributed by atoms with Crippen LogP contribution in [0.2, 0.25) is 0 Å². The van der Waals surface area contributed by atoms with Crippen LogP contribution in [0.25, 0.3) is 10.2 Å². The first kappa shape index (κ1) is 21.5. The molecule has 2 unspecified atom stereocenters. The number of benzene rings is 1. The molecule has 0 aliphatic carbocycles. The van der Waals surface area contributed by atoms with Gasteiger partial charge in [-0.1, -0.05) is 30.0 Å². The number of carbonyl (C=O) groups is 3. The number of hydrogen-bond acceptors (Lipinski definition) is 8. The SMILES string of the molecule is O=C(Cc1cccs1)NC1C(=O)N2C(C(=O)O)=C(CSc3nc4ccccc4s3)CSC12. The molecule has 3 aromatic rings. The highest BCUT2D eigenvalue weighted by Crippen LogP contribution is 2.42. The van der Waals surface area contributed by atoms with E-state index in [0.717, 1.165) is 19.4 Å². The summed E-state index contributed by atoms with van der Waals surface area (Å²) in [5.41, 5.74) is 1.65. The molecular formula is C21H17N3O4S4. The molecule has 7 nitrogen and oxygen atoms in total. The Morgan fingerprint density at radius 2 is 2.09 bits per heavy atom. The van der Waals surface area contributed by atoms with Gasteiger partial charge in [0.15, 0.2) is 4.34 Å². The number of fused-ring (bicyclic) bond motifs is 2. The zero-order valence-electron chi connectivity index (χ0n) is 16.5. The summed E-state index contributed by atoms with van der Waals surface area (Å²) in [5.74, 6) is -0.788. The molecule has 2 aliphatic heterocycles. The van der Waals surface area contributed by atoms with Crippen LogP contribution in [0.3, 0.4) is 0 Å². The molecule has 2 N–H and O–H groups in total. The van der Waals surface area contributed by atoms with E-state index >= 15 is 0 Å². The predicted octanol–water partition coefficient (Wildman–Crippen LogP) is 3.43. The van der Waals surface area contributed by atoms with E-state index in [1.54, 1.807) is 11.3 Å². The second-order valence-electron chi connectivity index (χ2n) is 7.20. The quantitative estimate of drug-likeness (QED) is 0.376. The fourth-order valence-electron chi connectivity index (χ4n) is 3.65. The summed E-state index contributed by atoms with van der Waals surface area (Å²) < 4.78 is 1.95. The molecule has 2 amide bonds. The number of hydrogen-bond donors (Lipinski definition) is 2. The third-order valence-electron chi connectivity index (χ3n) is 5.13. The Morgan fingerprint density at radius 3 is 2.84 bits per heavy atom. The van der Waals surface area contributed by atoms with Crippen molar-refractivity contribution in [2.75, 3.05) is 11.5 Å². The second kappa shape index (κ2) is 8.89. The molecule has 2 atom stereocenters. The van der Waals surface area contributed by atoms with Crippen LogP contribution < -0.4 is 5.32 Å². The van der Waals surface area contributed by atoms with E-state index in [4.69, 9.17) is 0 Å². The van der Waals surface area contributed by atoms with Crippen LogP contribution in [-0.4, -0.2) is 55.7 Å². The van der Waals surface area contributed by atoms with Crippen LogP contribution in [-0.2, 0) is 20.8 Å². The number of nitrogens with zero attached hydrogens (tertiary/aromatic N) is 2. The van der Waals surface area contributed by atoms with Gasteiger partial charge >= 0.3 is 5.97 Å². The molecule has 164 valence electrons. The summed E-state index contributed by atoms with van der Waals surface area (Å²) in [4.78, 5) is 43.9. The molecule has 0 spiro atoms. The average molecular weight is 504 g/mol. The number of aliphatic carboxylic acids is 1. The lowest BCUT2D eigenvalue weighted by atomic mass is 10.0. The lowest BCUT2D eigenvalue weighted by Crippen LogP contribution is -2.70. The highest BCUT2D eigenvalue weighted by Gasteiger charge is 2.54. The van der Waals surface area contributed by atoms with Gasteiger partial charge in [-0.3, -0.25) is 14.5 Å². The number of para-hydroxylation sites is 1. The highest BCUT2D eigenvalue weighted by molar-refractivity contribution is 8.02. The number of β-lactam (4-membered cyclic amide) rings is 1. The third-order valence-corrected chi connectivity index (χ3v) is 9.61. The molecule has 5 rings (SSSR count). The fraction of sp³-hybridized carbons (Fsp3) is 0.238. The van der Waals surface area contributed by atoms with Crippen LogP contribution in [0.5, 0.6) is 0 Å². The number of thioether (sulfide) groups is 2. The maximum atomic E-state index is 12.8. The van der Waals surface area contributed by atoms with E-state index in [-0.39, 0.29) is 23.9 Å². The van der Waals surface area contributed by atoms with Crippen molar-refractivity contribution >= 4 is 74.2 Å². The van der Waals surface area contributed by atoms with Gasteiger partial charge in [0, 0.05) is 16.4 Å². The van der Waals surface area contributed by atoms with Gasteiger partial charge in [0.1, 0.15) is 17.1 Å². The van der Waals surface area contributed by atoms with Crippen molar-refractivity contribution in [2.24, 2.45) is 0 Å². The third kappa shape index (κ3) is 4.05. The number of thiazole rings is 1. The van der Waals surface area contributed by atoms with Crippen molar-refractivity contribution in [1.29, 1.82) is 0 Å². The molecule has 0 radical (unpaired) electrons. The van der Waals surface area contributed by atoms with Crippen molar-refractivity contribution in [2.45, 2.75) is 22.2 Å². The molecule has 2 aromatic heterocycles. The maximum Gasteiger partial charge on any atom is 0.352 e. The summed E-state index contributed by atoms with van der Waals surface area (Å²) in [6.07, 6.45) is 0.213. The minimum Gasteiger partial charge on any atom is -0.477 e. The predicted molar refractivity (Wildman–Crippen MR) is 128 cm³/mol. The Balaban J connectivity index is 1.28. The van der Waals surface area contributed by atoms with Crippen LogP contribution >= 0.6 is 46.2 Å². The van der Waals surface area contributed by atoms with Gasteiger partial charge in [-0.2, -0.15) is 0 Å². The number of aromatic nitrogens is 1. The summed E-state index contributed by atoms with van der Waals surface area (Å²) in [6.45, 7) is 0. The number of carboxylic acid groups (broad SMARTS) is 1. The summed E-state index contributed by atoms with van der Waals surface area (Å²) in [7, 11) is 0. The van der Waals surface area contributed by atoms with Crippen molar-refractivity contribution in [3.05, 3.63) is 57.9 Å². The van der Waals surface area contributed by atoms with Crippen LogP contribution in [0.4, 0.5) is 0 Å². The van der Waals surface area contributed by atoms with E-state index in [0.29, 0.717) is 17.1 Å². The highest BCUT2D eigenvalue weighted by atomic mass is 32.2. The number of amides is 2. The largest absolute Gasteiger partial charge is 0.477 e. The van der Waals surface area contributed by atoms with Gasteiger partial charge in [0.2, 0.25) is 5.91 Å². The Hall–Kier alpha value is -2.34. The first-order chi connectivity index (χ1) is 15.5. The average Bonchev–Trinajstić information content (AvgIpc) is 3.44. The minimum absolute atomic E-state index is 0.0381. The lowest BCUT2D eigenvalue weighted by molar-refractivity contribution is -0.150. The van der Waals surface area contributed by atoms with Gasteiger partial charge in [-0.25, -0.2) is 9.78 Å². The van der Waals surface area contributed by atoms with Crippen LogP contribution in [0, 0.1) is 0 Å². The Bertz CT molecular complexity index is 1200. The number of thiophene rings is 1. The van der Waals surface area contributed by atoms with Gasteiger partial charge < -0.3 is 10.4 Å². The van der Waals surface area contributed by atoms with E-state index in [1.807, 2.05) is 41.8 Å². The summed E-state index contributed by atoms with van der Waals surface area (Å²) in [6, 6.07) is 10.9. The standard InChI is InChI=1S/C21H17N3O4S4/c25-15(8-12-4-3-7-29-12)23-16-18(26)24-17(20(27)28)11(9-30-19(16)24)10-31-21-22-13-5-1-2-6-14(13)32-21/h1-7,16,19H,8-10H2,(H,23,25)(H,27,28). The Morgan fingerprint density at radius 1 is 1.25 bits per heavy atom. The van der Waals surface area contributed by atoms with Gasteiger partial charge in [-0.15, -0.1) is 34.4 Å². The van der Waals surface area contributed by atoms with E-state index in [2.05, 4.69) is 10.3 Å². The summed E-state index contributed by atoms with van der Waals surface area (Å²) >= 11 is 6.02. The smallest absolute Gasteiger partial charge is 0.352 e. The Labute approximate surface area is 199 Å². The first-order valence-electron chi connectivity index (χ1n) is 9.71. The molecule has 1 aromatic carbocycles. The Kier molecular flexibility index (Phi) is 5.97. The topological polar surface area (TPSA) is 99.6 Å². The first-order valence-corrected chi connectivity index (χ1v) is 13.4. The van der Waals surface area contributed by atoms with Crippen molar-refractivity contribution < 1.29 is 19.5 Å². The monoisotopic (exact) mass is 503 g/mol. The molecule has 0 bridgehead atoms. The number of carbonyl (C=O) groups excluding carboxylic acids is 2. The molecule has 32 heavy (non-hydrogen) atoms. The number of rotatable bonds is 7. The molecule has 2 aliphatic rings.